The molecule has 1 atom stereocenters. The van der Waals surface area contributed by atoms with Gasteiger partial charge in [0, 0.05) is 6.20 Å². The fraction of sp³-hybridized carbons (Fsp3) is 0.0455. The minimum atomic E-state index is -0.696. The molecule has 0 bridgehead atoms. The van der Waals surface area contributed by atoms with Crippen LogP contribution in [0.3, 0.4) is 0 Å². The van der Waals surface area contributed by atoms with Crippen LogP contribution in [-0.2, 0) is 0 Å². The summed E-state index contributed by atoms with van der Waals surface area (Å²) < 4.78 is 5.86. The Morgan fingerprint density at radius 2 is 1.68 bits per heavy atom. The third kappa shape index (κ3) is 2.31. The van der Waals surface area contributed by atoms with Gasteiger partial charge in [-0.1, -0.05) is 30.3 Å². The number of hydrogen-bond donors (Lipinski definition) is 1. The Balaban J connectivity index is 1.83. The molecule has 4 aromatic rings. The SMILES string of the molecule is O=C1c2oc3ccccc3c(=O)c2[C@H](c2ccc(O)cc2)N1c1ccccn1. The number of pyridine rings is 1. The van der Waals surface area contributed by atoms with Crippen molar-refractivity contribution in [3.63, 3.8) is 0 Å². The van der Waals surface area contributed by atoms with Crippen LogP contribution in [0.5, 0.6) is 5.75 Å². The lowest BCUT2D eigenvalue weighted by Gasteiger charge is -2.24. The molecule has 6 nitrogen and oxygen atoms in total. The zero-order valence-corrected chi connectivity index (χ0v) is 14.6. The first-order valence-corrected chi connectivity index (χ1v) is 8.74. The van der Waals surface area contributed by atoms with Crippen LogP contribution in [0.1, 0.15) is 27.7 Å². The number of phenolic OH excluding ortho intramolecular Hbond substituents is 1. The summed E-state index contributed by atoms with van der Waals surface area (Å²) in [6.07, 6.45) is 1.59. The number of fused-ring (bicyclic) bond motifs is 2. The highest BCUT2D eigenvalue weighted by molar-refractivity contribution is 6.10. The van der Waals surface area contributed by atoms with Crippen molar-refractivity contribution in [3.05, 3.63) is 100 Å². The first kappa shape index (κ1) is 16.3. The standard InChI is InChI=1S/C22H14N2O4/c25-14-10-8-13(9-11-14)19-18-20(26)15-5-1-2-6-16(15)28-21(18)22(27)24(19)17-7-3-4-12-23-17/h1-12,19,25H/t19-/m0/s1. The smallest absolute Gasteiger partial charge is 0.296 e. The average Bonchev–Trinajstić information content (AvgIpc) is 3.02. The van der Waals surface area contributed by atoms with Gasteiger partial charge in [-0.05, 0) is 42.0 Å². The predicted octanol–water partition coefficient (Wildman–Crippen LogP) is 3.64. The van der Waals surface area contributed by atoms with Gasteiger partial charge in [-0.25, -0.2) is 4.98 Å². The molecule has 0 fully saturated rings. The summed E-state index contributed by atoms with van der Waals surface area (Å²) in [5, 5.41) is 10.1. The lowest BCUT2D eigenvalue weighted by molar-refractivity contribution is 0.0970. The Labute approximate surface area is 159 Å². The zero-order valence-electron chi connectivity index (χ0n) is 14.6. The van der Waals surface area contributed by atoms with E-state index in [1.807, 2.05) is 0 Å². The molecule has 1 amide bonds. The molecule has 28 heavy (non-hydrogen) atoms. The normalized spacial score (nSPS) is 15.8. The van der Waals surface area contributed by atoms with Gasteiger partial charge in [-0.3, -0.25) is 14.5 Å². The molecule has 0 aliphatic carbocycles. The summed E-state index contributed by atoms with van der Waals surface area (Å²) in [5.74, 6) is 0.116. The summed E-state index contributed by atoms with van der Waals surface area (Å²) in [6.45, 7) is 0. The van der Waals surface area contributed by atoms with Crippen molar-refractivity contribution >= 4 is 22.7 Å². The maximum Gasteiger partial charge on any atom is 0.296 e. The topological polar surface area (TPSA) is 83.6 Å². The number of carbonyl (C=O) groups is 1. The van der Waals surface area contributed by atoms with Gasteiger partial charge < -0.3 is 9.52 Å². The van der Waals surface area contributed by atoms with E-state index in [9.17, 15) is 14.7 Å². The fourth-order valence-electron chi connectivity index (χ4n) is 3.62. The highest BCUT2D eigenvalue weighted by atomic mass is 16.3. The highest BCUT2D eigenvalue weighted by Gasteiger charge is 2.44. The third-order valence-corrected chi connectivity index (χ3v) is 4.88. The number of rotatable bonds is 2. The molecule has 1 N–H and O–H groups in total. The second kappa shape index (κ2) is 6.06. The number of hydrogen-bond acceptors (Lipinski definition) is 5. The number of nitrogens with zero attached hydrogens (tertiary/aromatic N) is 2. The van der Waals surface area contributed by atoms with Gasteiger partial charge >= 0.3 is 0 Å². The Kier molecular flexibility index (Phi) is 3.52. The Morgan fingerprint density at radius 3 is 2.43 bits per heavy atom. The Morgan fingerprint density at radius 1 is 0.929 bits per heavy atom. The molecule has 0 saturated carbocycles. The molecule has 6 heteroatoms. The summed E-state index contributed by atoms with van der Waals surface area (Å²) in [4.78, 5) is 32.3. The molecule has 0 spiro atoms. The highest BCUT2D eigenvalue weighted by Crippen LogP contribution is 2.40. The summed E-state index contributed by atoms with van der Waals surface area (Å²) in [7, 11) is 0. The van der Waals surface area contributed by atoms with E-state index < -0.39 is 11.9 Å². The minimum absolute atomic E-state index is 0.0208. The molecule has 1 aliphatic rings. The second-order valence-corrected chi connectivity index (χ2v) is 6.53. The first-order chi connectivity index (χ1) is 13.6. The molecule has 2 aromatic heterocycles. The number of phenols is 1. The minimum Gasteiger partial charge on any atom is -0.508 e. The third-order valence-electron chi connectivity index (χ3n) is 4.88. The molecule has 3 heterocycles. The maximum absolute atomic E-state index is 13.3. The van der Waals surface area contributed by atoms with Crippen molar-refractivity contribution in [2.75, 3.05) is 4.90 Å². The van der Waals surface area contributed by atoms with Crippen molar-refractivity contribution in [1.82, 2.24) is 4.98 Å². The summed E-state index contributed by atoms with van der Waals surface area (Å²) >= 11 is 0. The fourth-order valence-corrected chi connectivity index (χ4v) is 3.62. The van der Waals surface area contributed by atoms with Crippen LogP contribution in [-0.4, -0.2) is 16.0 Å². The number of amides is 1. The zero-order chi connectivity index (χ0) is 19.3. The number of benzene rings is 2. The van der Waals surface area contributed by atoms with Crippen molar-refractivity contribution in [1.29, 1.82) is 0 Å². The van der Waals surface area contributed by atoms with Crippen molar-refractivity contribution < 1.29 is 14.3 Å². The van der Waals surface area contributed by atoms with Crippen LogP contribution in [0.2, 0.25) is 0 Å². The number of aromatic hydroxyl groups is 1. The molecule has 0 unspecified atom stereocenters. The van der Waals surface area contributed by atoms with Crippen molar-refractivity contribution in [3.8, 4) is 5.75 Å². The summed E-state index contributed by atoms with van der Waals surface area (Å²) in [5.41, 5.74) is 1.08. The molecular weight excluding hydrogens is 356 g/mol. The van der Waals surface area contributed by atoms with Gasteiger partial charge in [0.2, 0.25) is 5.76 Å². The maximum atomic E-state index is 13.3. The van der Waals surface area contributed by atoms with E-state index in [4.69, 9.17) is 4.42 Å². The molecule has 1 aliphatic heterocycles. The van der Waals surface area contributed by atoms with Crippen LogP contribution in [0.15, 0.2) is 82.1 Å². The number of aromatic nitrogens is 1. The van der Waals surface area contributed by atoms with Gasteiger partial charge in [0.1, 0.15) is 17.2 Å². The number of para-hydroxylation sites is 1. The monoisotopic (exact) mass is 370 g/mol. The molecule has 0 saturated heterocycles. The molecule has 136 valence electrons. The van der Waals surface area contributed by atoms with Gasteiger partial charge in [0.05, 0.1) is 17.0 Å². The van der Waals surface area contributed by atoms with Crippen LogP contribution in [0.4, 0.5) is 5.82 Å². The molecule has 0 radical (unpaired) electrons. The largest absolute Gasteiger partial charge is 0.508 e. The van der Waals surface area contributed by atoms with E-state index in [2.05, 4.69) is 4.98 Å². The van der Waals surface area contributed by atoms with Crippen LogP contribution >= 0.6 is 0 Å². The van der Waals surface area contributed by atoms with Crippen LogP contribution < -0.4 is 10.3 Å². The average molecular weight is 370 g/mol. The van der Waals surface area contributed by atoms with Crippen molar-refractivity contribution in [2.45, 2.75) is 6.04 Å². The lowest BCUT2D eigenvalue weighted by Crippen LogP contribution is -2.30. The van der Waals surface area contributed by atoms with E-state index >= 15 is 0 Å². The Bertz CT molecular complexity index is 1260. The van der Waals surface area contributed by atoms with E-state index in [1.54, 1.807) is 60.8 Å². The second-order valence-electron chi connectivity index (χ2n) is 6.53. The van der Waals surface area contributed by atoms with Gasteiger partial charge in [0.15, 0.2) is 5.43 Å². The van der Waals surface area contributed by atoms with Gasteiger partial charge in [-0.2, -0.15) is 0 Å². The summed E-state index contributed by atoms with van der Waals surface area (Å²) in [6, 6.07) is 17.8. The van der Waals surface area contributed by atoms with Gasteiger partial charge in [0.25, 0.3) is 5.91 Å². The van der Waals surface area contributed by atoms with Crippen molar-refractivity contribution in [2.24, 2.45) is 0 Å². The van der Waals surface area contributed by atoms with E-state index in [0.29, 0.717) is 22.4 Å². The van der Waals surface area contributed by atoms with E-state index in [0.717, 1.165) is 0 Å². The molecule has 2 aromatic carbocycles. The number of anilines is 1. The van der Waals surface area contributed by atoms with E-state index in [1.165, 1.54) is 17.0 Å². The first-order valence-electron chi connectivity index (χ1n) is 8.74. The Hall–Kier alpha value is -3.93. The predicted molar refractivity (Wildman–Crippen MR) is 103 cm³/mol. The van der Waals surface area contributed by atoms with Crippen LogP contribution in [0, 0.1) is 0 Å². The molecular formula is C22H14N2O4. The van der Waals surface area contributed by atoms with Crippen LogP contribution in [0.25, 0.3) is 11.0 Å². The quantitative estimate of drug-likeness (QED) is 0.582. The lowest BCUT2D eigenvalue weighted by atomic mass is 9.98. The van der Waals surface area contributed by atoms with E-state index in [-0.39, 0.29) is 22.5 Å². The molecule has 5 rings (SSSR count). The van der Waals surface area contributed by atoms with Gasteiger partial charge in [-0.15, -0.1) is 0 Å². The number of carbonyl (C=O) groups excluding carboxylic acids is 1.